The Bertz CT molecular complexity index is 304. The summed E-state index contributed by atoms with van der Waals surface area (Å²) in [5.41, 5.74) is 0. The maximum Gasteiger partial charge on any atom is 0.305 e. The van der Waals surface area contributed by atoms with Crippen molar-refractivity contribution in [2.75, 3.05) is 20.1 Å². The van der Waals surface area contributed by atoms with Gasteiger partial charge in [-0.05, 0) is 12.8 Å². The van der Waals surface area contributed by atoms with Crippen LogP contribution in [0.3, 0.4) is 0 Å². The summed E-state index contributed by atoms with van der Waals surface area (Å²) < 4.78 is 0. The summed E-state index contributed by atoms with van der Waals surface area (Å²) in [5, 5.41) is 8.89. The highest BCUT2D eigenvalue weighted by molar-refractivity contribution is 5.86. The number of likely N-dealkylation sites (N-methyl/N-ethyl adjacent to an activating group) is 1. The van der Waals surface area contributed by atoms with E-state index in [2.05, 4.69) is 13.8 Å². The first kappa shape index (κ1) is 14.0. The van der Waals surface area contributed by atoms with Crippen molar-refractivity contribution in [3.63, 3.8) is 0 Å². The molecule has 5 heteroatoms. The van der Waals surface area contributed by atoms with Gasteiger partial charge in [0.1, 0.15) is 0 Å². The van der Waals surface area contributed by atoms with Crippen LogP contribution in [-0.4, -0.2) is 59.0 Å². The van der Waals surface area contributed by atoms with E-state index in [-0.39, 0.29) is 18.4 Å². The van der Waals surface area contributed by atoms with Crippen molar-refractivity contribution in [1.82, 2.24) is 9.80 Å². The maximum absolute atomic E-state index is 12.1. The van der Waals surface area contributed by atoms with Crippen LogP contribution in [0.4, 0.5) is 0 Å². The summed E-state index contributed by atoms with van der Waals surface area (Å²) in [5.74, 6) is -0.568. The predicted octanol–water partition coefficient (Wildman–Crippen LogP) is 0.648. The van der Waals surface area contributed by atoms with E-state index in [0.29, 0.717) is 5.92 Å². The minimum absolute atomic E-state index is 0.0770. The largest absolute Gasteiger partial charge is 0.481 e. The van der Waals surface area contributed by atoms with E-state index in [1.54, 1.807) is 11.9 Å². The molecule has 1 aliphatic rings. The van der Waals surface area contributed by atoms with Gasteiger partial charge in [0, 0.05) is 26.2 Å². The Morgan fingerprint density at radius 3 is 2.59 bits per heavy atom. The van der Waals surface area contributed by atoms with Crippen LogP contribution in [-0.2, 0) is 9.59 Å². The highest BCUT2D eigenvalue weighted by Crippen LogP contribution is 2.19. The SMILES string of the molecule is CC(C)CN1CC(C)N(C)C(=O)C1CC(=O)O. The lowest BCUT2D eigenvalue weighted by Crippen LogP contribution is -2.60. The molecule has 1 N–H and O–H groups in total. The lowest BCUT2D eigenvalue weighted by Gasteiger charge is -2.43. The van der Waals surface area contributed by atoms with Crippen LogP contribution in [0.1, 0.15) is 27.2 Å². The number of carboxylic acids is 1. The molecule has 0 bridgehead atoms. The van der Waals surface area contributed by atoms with Gasteiger partial charge >= 0.3 is 5.97 Å². The molecule has 1 rings (SSSR count). The van der Waals surface area contributed by atoms with Crippen LogP contribution in [0.2, 0.25) is 0 Å². The molecule has 0 aromatic heterocycles. The second-order valence-corrected chi connectivity index (χ2v) is 5.26. The van der Waals surface area contributed by atoms with E-state index in [9.17, 15) is 9.59 Å². The Hall–Kier alpha value is -1.10. The molecule has 0 aromatic rings. The number of carboxylic acid groups (broad SMARTS) is 1. The van der Waals surface area contributed by atoms with Gasteiger partial charge in [0.15, 0.2) is 0 Å². The van der Waals surface area contributed by atoms with Crippen molar-refractivity contribution in [2.24, 2.45) is 5.92 Å². The van der Waals surface area contributed by atoms with Crippen molar-refractivity contribution in [3.05, 3.63) is 0 Å². The zero-order chi connectivity index (χ0) is 13.2. The van der Waals surface area contributed by atoms with Gasteiger partial charge in [0.25, 0.3) is 0 Å². The molecule has 2 atom stereocenters. The van der Waals surface area contributed by atoms with Crippen molar-refractivity contribution in [1.29, 1.82) is 0 Å². The number of hydrogen-bond acceptors (Lipinski definition) is 3. The van der Waals surface area contributed by atoms with Gasteiger partial charge in [0.05, 0.1) is 12.5 Å². The summed E-state index contributed by atoms with van der Waals surface area (Å²) in [6.07, 6.45) is -0.109. The lowest BCUT2D eigenvalue weighted by molar-refractivity contribution is -0.150. The first-order chi connectivity index (χ1) is 7.82. The molecule has 1 heterocycles. The number of nitrogens with zero attached hydrogens (tertiary/aromatic N) is 2. The van der Waals surface area contributed by atoms with Crippen LogP contribution in [0, 0.1) is 5.92 Å². The number of carbonyl (C=O) groups is 2. The summed E-state index contributed by atoms with van der Waals surface area (Å²) in [7, 11) is 1.74. The molecule has 5 nitrogen and oxygen atoms in total. The molecule has 0 radical (unpaired) electrons. The molecule has 0 aromatic carbocycles. The Balaban J connectivity index is 2.82. The Morgan fingerprint density at radius 1 is 1.53 bits per heavy atom. The molecule has 1 aliphatic heterocycles. The van der Waals surface area contributed by atoms with Gasteiger partial charge in [-0.1, -0.05) is 13.8 Å². The molecule has 17 heavy (non-hydrogen) atoms. The average molecular weight is 242 g/mol. The normalized spacial score (nSPS) is 26.6. The third-order valence-electron chi connectivity index (χ3n) is 3.20. The van der Waals surface area contributed by atoms with Gasteiger partial charge in [-0.25, -0.2) is 0 Å². The van der Waals surface area contributed by atoms with Gasteiger partial charge in [-0.15, -0.1) is 0 Å². The number of aliphatic carboxylic acids is 1. The molecule has 1 saturated heterocycles. The monoisotopic (exact) mass is 242 g/mol. The molecule has 2 unspecified atom stereocenters. The molecule has 1 amide bonds. The first-order valence-corrected chi connectivity index (χ1v) is 6.05. The second-order valence-electron chi connectivity index (χ2n) is 5.26. The summed E-state index contributed by atoms with van der Waals surface area (Å²) in [6, 6.07) is -0.359. The Kier molecular flexibility index (Phi) is 4.51. The van der Waals surface area contributed by atoms with Crippen LogP contribution in [0.15, 0.2) is 0 Å². The summed E-state index contributed by atoms with van der Waals surface area (Å²) in [4.78, 5) is 26.6. The van der Waals surface area contributed by atoms with E-state index in [0.717, 1.165) is 13.1 Å². The molecule has 0 saturated carbocycles. The fraction of sp³-hybridized carbons (Fsp3) is 0.833. The topological polar surface area (TPSA) is 60.9 Å². The summed E-state index contributed by atoms with van der Waals surface area (Å²) >= 11 is 0. The van der Waals surface area contributed by atoms with E-state index in [4.69, 9.17) is 5.11 Å². The number of amides is 1. The van der Waals surface area contributed by atoms with Gasteiger partial charge in [-0.3, -0.25) is 14.5 Å². The molecular weight excluding hydrogens is 220 g/mol. The first-order valence-electron chi connectivity index (χ1n) is 6.05. The van der Waals surface area contributed by atoms with E-state index in [1.165, 1.54) is 0 Å². The standard InChI is InChI=1S/C12H22N2O3/c1-8(2)6-14-7-9(3)13(4)12(17)10(14)5-11(15)16/h8-10H,5-7H2,1-4H3,(H,15,16). The van der Waals surface area contributed by atoms with E-state index in [1.807, 2.05) is 11.8 Å². The highest BCUT2D eigenvalue weighted by atomic mass is 16.4. The fourth-order valence-electron chi connectivity index (χ4n) is 2.25. The second kappa shape index (κ2) is 5.49. The quantitative estimate of drug-likeness (QED) is 0.786. The summed E-state index contributed by atoms with van der Waals surface area (Å²) in [6.45, 7) is 7.65. The average Bonchev–Trinajstić information content (AvgIpc) is 2.20. The Labute approximate surface area is 102 Å². The third kappa shape index (κ3) is 3.43. The van der Waals surface area contributed by atoms with E-state index < -0.39 is 12.0 Å². The number of carbonyl (C=O) groups excluding carboxylic acids is 1. The maximum atomic E-state index is 12.1. The number of rotatable bonds is 4. The zero-order valence-corrected chi connectivity index (χ0v) is 11.0. The van der Waals surface area contributed by atoms with Crippen molar-refractivity contribution >= 4 is 11.9 Å². The van der Waals surface area contributed by atoms with Crippen LogP contribution in [0.5, 0.6) is 0 Å². The highest BCUT2D eigenvalue weighted by Gasteiger charge is 2.37. The minimum Gasteiger partial charge on any atom is -0.481 e. The van der Waals surface area contributed by atoms with Gasteiger partial charge in [-0.2, -0.15) is 0 Å². The lowest BCUT2D eigenvalue weighted by atomic mass is 10.0. The number of hydrogen-bond donors (Lipinski definition) is 1. The number of piperazine rings is 1. The molecular formula is C12H22N2O3. The molecule has 1 fully saturated rings. The van der Waals surface area contributed by atoms with Crippen molar-refractivity contribution in [2.45, 2.75) is 39.3 Å². The minimum atomic E-state index is -0.917. The van der Waals surface area contributed by atoms with Crippen molar-refractivity contribution in [3.8, 4) is 0 Å². The van der Waals surface area contributed by atoms with Gasteiger partial charge in [0.2, 0.25) is 5.91 Å². The molecule has 0 spiro atoms. The van der Waals surface area contributed by atoms with Crippen LogP contribution < -0.4 is 0 Å². The third-order valence-corrected chi connectivity index (χ3v) is 3.20. The van der Waals surface area contributed by atoms with Crippen LogP contribution in [0.25, 0.3) is 0 Å². The smallest absolute Gasteiger partial charge is 0.305 e. The van der Waals surface area contributed by atoms with Crippen molar-refractivity contribution < 1.29 is 14.7 Å². The fourth-order valence-corrected chi connectivity index (χ4v) is 2.25. The van der Waals surface area contributed by atoms with Crippen LogP contribution >= 0.6 is 0 Å². The van der Waals surface area contributed by atoms with E-state index >= 15 is 0 Å². The molecule has 98 valence electrons. The Morgan fingerprint density at radius 2 is 2.12 bits per heavy atom. The molecule has 0 aliphatic carbocycles. The zero-order valence-electron chi connectivity index (χ0n) is 11.0. The predicted molar refractivity (Wildman–Crippen MR) is 64.7 cm³/mol. The van der Waals surface area contributed by atoms with Gasteiger partial charge < -0.3 is 10.0 Å².